The summed E-state index contributed by atoms with van der Waals surface area (Å²) in [5.41, 5.74) is 4.63. The summed E-state index contributed by atoms with van der Waals surface area (Å²) in [6.45, 7) is 4.37. The summed E-state index contributed by atoms with van der Waals surface area (Å²) in [5.74, 6) is 0.573. The van der Waals surface area contributed by atoms with Crippen LogP contribution in [-0.2, 0) is 0 Å². The number of amides is 1. The van der Waals surface area contributed by atoms with E-state index >= 15 is 0 Å². The van der Waals surface area contributed by atoms with Crippen molar-refractivity contribution in [3.63, 3.8) is 0 Å². The molecule has 0 radical (unpaired) electrons. The number of thiocarbonyl (C=S) groups is 1. The van der Waals surface area contributed by atoms with Crippen molar-refractivity contribution in [3.05, 3.63) is 81.8 Å². The minimum atomic E-state index is -0.445. The van der Waals surface area contributed by atoms with Crippen LogP contribution < -0.4 is 10.6 Å². The van der Waals surface area contributed by atoms with E-state index in [-0.39, 0.29) is 15.7 Å². The number of hydrogen-bond acceptors (Lipinski definition) is 4. The molecule has 1 heterocycles. The second-order valence-electron chi connectivity index (χ2n) is 7.64. The summed E-state index contributed by atoms with van der Waals surface area (Å²) < 4.78 is 5.93. The van der Waals surface area contributed by atoms with Crippen LogP contribution in [0.4, 0.5) is 5.69 Å². The number of oxazole rings is 1. The maximum Gasteiger partial charge on any atom is 0.258 e. The van der Waals surface area contributed by atoms with E-state index in [9.17, 15) is 4.79 Å². The first-order valence-corrected chi connectivity index (χ1v) is 11.6. The maximum atomic E-state index is 12.4. The van der Waals surface area contributed by atoms with Crippen LogP contribution in [0.15, 0.2) is 65.1 Å². The molecule has 0 spiro atoms. The number of nitrogens with one attached hydrogen (secondary N) is 2. The Morgan fingerprint density at radius 1 is 1.12 bits per heavy atom. The molecular weight excluding hydrogens is 477 g/mol. The minimum absolute atomic E-state index is 0.142. The van der Waals surface area contributed by atoms with Crippen LogP contribution in [-0.4, -0.2) is 16.0 Å². The van der Waals surface area contributed by atoms with Crippen LogP contribution >= 0.6 is 35.4 Å². The summed E-state index contributed by atoms with van der Waals surface area (Å²) >= 11 is 17.3. The van der Waals surface area contributed by atoms with Crippen LogP contribution in [0.1, 0.15) is 42.1 Å². The first-order chi connectivity index (χ1) is 15.9. The molecule has 33 heavy (non-hydrogen) atoms. The van der Waals surface area contributed by atoms with Crippen molar-refractivity contribution in [2.24, 2.45) is 0 Å². The van der Waals surface area contributed by atoms with Crippen LogP contribution in [0.5, 0.6) is 0 Å². The molecule has 168 valence electrons. The van der Waals surface area contributed by atoms with Crippen molar-refractivity contribution >= 4 is 63.2 Å². The summed E-state index contributed by atoms with van der Waals surface area (Å²) in [4.78, 5) is 17.1. The lowest BCUT2D eigenvalue weighted by Crippen LogP contribution is -2.34. The first kappa shape index (κ1) is 23.2. The Hall–Kier alpha value is -2.93. The van der Waals surface area contributed by atoms with E-state index in [1.807, 2.05) is 30.3 Å². The van der Waals surface area contributed by atoms with Gasteiger partial charge in [0.1, 0.15) is 5.52 Å². The van der Waals surface area contributed by atoms with Crippen molar-refractivity contribution < 1.29 is 9.21 Å². The molecule has 1 aromatic heterocycles. The molecule has 0 saturated heterocycles. The Balaban J connectivity index is 1.44. The molecule has 4 aromatic rings. The molecular formula is C25H21Cl2N3O2S. The van der Waals surface area contributed by atoms with E-state index in [1.54, 1.807) is 18.2 Å². The lowest BCUT2D eigenvalue weighted by atomic mass is 9.98. The second kappa shape index (κ2) is 9.91. The molecule has 1 atom stereocenters. The third-order valence-corrected chi connectivity index (χ3v) is 6.43. The highest BCUT2D eigenvalue weighted by Crippen LogP contribution is 2.29. The molecule has 1 amide bonds. The molecule has 0 fully saturated rings. The number of fused-ring (bicyclic) bond motifs is 1. The zero-order valence-corrected chi connectivity index (χ0v) is 20.3. The zero-order valence-electron chi connectivity index (χ0n) is 18.0. The van der Waals surface area contributed by atoms with E-state index in [2.05, 4.69) is 41.6 Å². The molecule has 5 nitrogen and oxygen atoms in total. The topological polar surface area (TPSA) is 67.2 Å². The predicted octanol–water partition coefficient (Wildman–Crippen LogP) is 7.44. The number of hydrogen-bond donors (Lipinski definition) is 2. The van der Waals surface area contributed by atoms with Gasteiger partial charge in [-0.2, -0.15) is 0 Å². The lowest BCUT2D eigenvalue weighted by molar-refractivity contribution is 0.0978. The Morgan fingerprint density at radius 3 is 2.61 bits per heavy atom. The maximum absolute atomic E-state index is 12.4. The van der Waals surface area contributed by atoms with E-state index < -0.39 is 5.91 Å². The van der Waals surface area contributed by atoms with Gasteiger partial charge in [0, 0.05) is 11.3 Å². The third-order valence-electron chi connectivity index (χ3n) is 5.41. The molecule has 4 rings (SSSR count). The fraction of sp³-hybridized carbons (Fsp3) is 0.160. The van der Waals surface area contributed by atoms with Gasteiger partial charge in [-0.3, -0.25) is 10.1 Å². The Morgan fingerprint density at radius 2 is 1.88 bits per heavy atom. The van der Waals surface area contributed by atoms with Crippen molar-refractivity contribution in [2.45, 2.75) is 26.2 Å². The van der Waals surface area contributed by atoms with Crippen molar-refractivity contribution in [1.29, 1.82) is 0 Å². The number of carbonyl (C=O) groups excluding carboxylic acids is 1. The highest BCUT2D eigenvalue weighted by atomic mass is 35.5. The normalized spacial score (nSPS) is 11.9. The molecule has 2 N–H and O–H groups in total. The minimum Gasteiger partial charge on any atom is -0.436 e. The smallest absolute Gasteiger partial charge is 0.258 e. The molecule has 0 saturated carbocycles. The van der Waals surface area contributed by atoms with Gasteiger partial charge < -0.3 is 9.73 Å². The van der Waals surface area contributed by atoms with Gasteiger partial charge in [0.05, 0.1) is 15.6 Å². The Bertz CT molecular complexity index is 1340. The number of rotatable bonds is 5. The molecule has 8 heteroatoms. The van der Waals surface area contributed by atoms with Crippen molar-refractivity contribution in [3.8, 4) is 11.5 Å². The molecule has 0 aliphatic heterocycles. The molecule has 0 aliphatic carbocycles. The zero-order chi connectivity index (χ0) is 23.5. The number of anilines is 1. The number of carbonyl (C=O) groups is 1. The first-order valence-electron chi connectivity index (χ1n) is 10.4. The predicted molar refractivity (Wildman–Crippen MR) is 138 cm³/mol. The van der Waals surface area contributed by atoms with Gasteiger partial charge >= 0.3 is 0 Å². The average Bonchev–Trinajstić information content (AvgIpc) is 3.24. The van der Waals surface area contributed by atoms with Crippen LogP contribution in [0.3, 0.4) is 0 Å². The number of halogens is 2. The van der Waals surface area contributed by atoms with Crippen LogP contribution in [0.2, 0.25) is 10.0 Å². The van der Waals surface area contributed by atoms with Crippen molar-refractivity contribution in [2.75, 3.05) is 5.32 Å². The van der Waals surface area contributed by atoms with Gasteiger partial charge in [0.25, 0.3) is 5.91 Å². The van der Waals surface area contributed by atoms with E-state index in [0.717, 1.165) is 23.1 Å². The summed E-state index contributed by atoms with van der Waals surface area (Å²) in [5, 5.41) is 6.21. The molecule has 0 bridgehead atoms. The highest BCUT2D eigenvalue weighted by Gasteiger charge is 2.14. The number of aromatic nitrogens is 1. The third kappa shape index (κ3) is 5.19. The van der Waals surface area contributed by atoms with Gasteiger partial charge in [0.15, 0.2) is 10.7 Å². The number of benzene rings is 3. The van der Waals surface area contributed by atoms with Gasteiger partial charge in [-0.15, -0.1) is 0 Å². The Labute approximate surface area is 207 Å². The van der Waals surface area contributed by atoms with Gasteiger partial charge in [-0.05, 0) is 78.7 Å². The molecule has 0 aliphatic rings. The van der Waals surface area contributed by atoms with Crippen LogP contribution in [0.25, 0.3) is 22.6 Å². The fourth-order valence-electron chi connectivity index (χ4n) is 3.32. The Kier molecular flexibility index (Phi) is 6.98. The van der Waals surface area contributed by atoms with Gasteiger partial charge in [0.2, 0.25) is 5.89 Å². The summed E-state index contributed by atoms with van der Waals surface area (Å²) in [6.07, 6.45) is 1.07. The largest absolute Gasteiger partial charge is 0.436 e. The summed E-state index contributed by atoms with van der Waals surface area (Å²) in [6, 6.07) is 18.4. The quantitative estimate of drug-likeness (QED) is 0.280. The van der Waals surface area contributed by atoms with E-state index in [4.69, 9.17) is 39.8 Å². The second-order valence-corrected chi connectivity index (χ2v) is 8.84. The van der Waals surface area contributed by atoms with Gasteiger partial charge in [-0.25, -0.2) is 4.98 Å². The molecule has 0 unspecified atom stereocenters. The number of nitrogens with zero attached hydrogens (tertiary/aromatic N) is 1. The fourth-order valence-corrected chi connectivity index (χ4v) is 3.92. The monoisotopic (exact) mass is 497 g/mol. The lowest BCUT2D eigenvalue weighted by Gasteiger charge is -2.11. The van der Waals surface area contributed by atoms with E-state index in [1.165, 1.54) is 5.56 Å². The van der Waals surface area contributed by atoms with Gasteiger partial charge in [-0.1, -0.05) is 49.2 Å². The van der Waals surface area contributed by atoms with Crippen LogP contribution in [0, 0.1) is 0 Å². The summed E-state index contributed by atoms with van der Waals surface area (Å²) in [7, 11) is 0. The SMILES string of the molecule is CC[C@@H](C)c1ccc2oc(-c3ccc(NC(=S)NC(=O)c4cccc(Cl)c4Cl)cc3)nc2c1. The molecule has 3 aromatic carbocycles. The average molecular weight is 498 g/mol. The highest BCUT2D eigenvalue weighted by molar-refractivity contribution is 7.80. The van der Waals surface area contributed by atoms with E-state index in [0.29, 0.717) is 22.5 Å². The van der Waals surface area contributed by atoms with Crippen molar-refractivity contribution in [1.82, 2.24) is 10.3 Å². The standard InChI is InChI=1S/C25H21Cl2N3O2S/c1-3-14(2)16-9-12-21-20(13-16)29-24(32-21)15-7-10-17(11-8-15)28-25(33)30-23(31)18-5-4-6-19(26)22(18)27/h4-14H,3H2,1-2H3,(H2,28,30,31,33)/t14-/m1/s1.